The number of halogens is 6. The van der Waals surface area contributed by atoms with E-state index in [1.165, 1.54) is 15.3 Å². The molecule has 0 fully saturated rings. The van der Waals surface area contributed by atoms with Crippen molar-refractivity contribution in [3.63, 3.8) is 0 Å². The molecule has 0 unspecified atom stereocenters. The second-order valence-electron chi connectivity index (χ2n) is 4.14. The molecule has 0 aliphatic carbocycles. The Bertz CT molecular complexity index is 769. The second kappa shape index (κ2) is 4.98. The number of hydrogen-bond acceptors (Lipinski definition) is 4. The first-order valence-electron chi connectivity index (χ1n) is 5.58. The average molecular weight is 356 g/mol. The number of hydrogen-bond donors (Lipinski definition) is 3. The molecule has 14 heteroatoms. The number of aromatic nitrogens is 6. The third kappa shape index (κ3) is 2.00. The van der Waals surface area contributed by atoms with Crippen molar-refractivity contribution in [2.45, 2.75) is 0 Å². The van der Waals surface area contributed by atoms with E-state index in [0.29, 0.717) is 0 Å². The van der Waals surface area contributed by atoms with E-state index in [0.717, 1.165) is 0 Å². The zero-order valence-electron chi connectivity index (χ0n) is 10.5. The minimum Gasteiger partial charge on any atom is -0.308 e. The molecule has 3 aromatic heterocycles. The van der Waals surface area contributed by atoms with E-state index in [2.05, 4.69) is 15.3 Å². The molecule has 122 valence electrons. The highest BCUT2D eigenvalue weighted by Crippen LogP contribution is 2.45. The lowest BCUT2D eigenvalue weighted by Gasteiger charge is -2.14. The highest BCUT2D eigenvalue weighted by atomic mass is 31.2. The molecule has 0 aliphatic rings. The summed E-state index contributed by atoms with van der Waals surface area (Å²) in [7, 11) is -5.39. The molecule has 0 atom stereocenters. The molecule has 3 heterocycles. The summed E-state index contributed by atoms with van der Waals surface area (Å²) >= 11 is 0. The molecule has 0 aromatic carbocycles. The molecule has 3 rings (SSSR count). The number of rotatable bonds is 3. The number of H-pyrrole nitrogens is 3. The van der Waals surface area contributed by atoms with Crippen LogP contribution in [0.5, 0.6) is 0 Å². The van der Waals surface area contributed by atoms with Crippen molar-refractivity contribution in [1.29, 1.82) is 0 Å². The molecule has 0 amide bonds. The van der Waals surface area contributed by atoms with Gasteiger partial charge in [-0.2, -0.15) is 26.3 Å². The summed E-state index contributed by atoms with van der Waals surface area (Å²) in [6.07, 6.45) is 0. The predicted molar refractivity (Wildman–Crippen MR) is 62.0 cm³/mol. The van der Waals surface area contributed by atoms with Crippen LogP contribution in [-0.4, -0.2) is 30.6 Å². The third-order valence-corrected chi connectivity index (χ3v) is 5.94. The van der Waals surface area contributed by atoms with Gasteiger partial charge in [0.15, 0.2) is 7.14 Å². The number of aromatic amines is 3. The Labute approximate surface area is 121 Å². The first-order valence-corrected chi connectivity index (χ1v) is 7.29. The molecule has 3 aromatic rings. The van der Waals surface area contributed by atoms with Crippen LogP contribution < -0.4 is 15.9 Å². The third-order valence-electron chi connectivity index (χ3n) is 2.91. The fourth-order valence-electron chi connectivity index (χ4n) is 2.02. The van der Waals surface area contributed by atoms with Crippen molar-refractivity contribution in [2.75, 3.05) is 0 Å². The molecule has 7 nitrogen and oxygen atoms in total. The second-order valence-corrected chi connectivity index (χ2v) is 6.70. The predicted octanol–water partition coefficient (Wildman–Crippen LogP) is 0.330. The van der Waals surface area contributed by atoms with E-state index >= 15 is 0 Å². The van der Waals surface area contributed by atoms with Crippen LogP contribution in [0.1, 0.15) is 0 Å². The van der Waals surface area contributed by atoms with Gasteiger partial charge in [0.2, 0.25) is 35.7 Å². The molecule has 23 heavy (non-hydrogen) atoms. The molecule has 0 spiro atoms. The quantitative estimate of drug-likeness (QED) is 0.465. The van der Waals surface area contributed by atoms with E-state index < -0.39 is 58.7 Å². The summed E-state index contributed by atoms with van der Waals surface area (Å²) in [4.78, 5) is 0. The summed E-state index contributed by atoms with van der Waals surface area (Å²) in [5.74, 6) is -10.6. The van der Waals surface area contributed by atoms with Gasteiger partial charge in [-0.15, -0.1) is 15.3 Å². The Hall–Kier alpha value is -2.56. The van der Waals surface area contributed by atoms with Gasteiger partial charge >= 0.3 is 0 Å². The summed E-state index contributed by atoms with van der Waals surface area (Å²) < 4.78 is 95.4. The maximum Gasteiger partial charge on any atom is 0.246 e. The Kier molecular flexibility index (Phi) is 3.32. The van der Waals surface area contributed by atoms with Gasteiger partial charge in [0.1, 0.15) is 15.9 Å². The highest BCUT2D eigenvalue weighted by Gasteiger charge is 2.48. The molecular formula is C9H3F6N6OP. The Morgan fingerprint density at radius 2 is 0.870 bits per heavy atom. The van der Waals surface area contributed by atoms with Gasteiger partial charge in [-0.1, -0.05) is 0 Å². The summed E-state index contributed by atoms with van der Waals surface area (Å²) in [5, 5.41) is 7.84. The molecule has 0 saturated heterocycles. The van der Waals surface area contributed by atoms with Crippen molar-refractivity contribution in [3.8, 4) is 0 Å². The smallest absolute Gasteiger partial charge is 0.246 e. The monoisotopic (exact) mass is 356 g/mol. The van der Waals surface area contributed by atoms with Crippen LogP contribution >= 0.6 is 7.14 Å². The zero-order valence-corrected chi connectivity index (χ0v) is 11.4. The minimum atomic E-state index is -5.39. The Morgan fingerprint density at radius 3 is 1.04 bits per heavy atom. The van der Waals surface area contributed by atoms with Gasteiger partial charge in [-0.05, 0) is 0 Å². The van der Waals surface area contributed by atoms with Crippen LogP contribution in [0, 0.1) is 35.7 Å². The molecule has 0 bridgehead atoms. The molecule has 0 saturated carbocycles. The summed E-state index contributed by atoms with van der Waals surface area (Å²) in [6, 6.07) is 0. The fourth-order valence-corrected chi connectivity index (χ4v) is 4.60. The van der Waals surface area contributed by atoms with Crippen LogP contribution in [0.15, 0.2) is 0 Å². The van der Waals surface area contributed by atoms with Gasteiger partial charge < -0.3 is 4.57 Å². The van der Waals surface area contributed by atoms with Crippen LogP contribution in [0.4, 0.5) is 26.3 Å². The fraction of sp³-hybridized carbons (Fsp3) is 0. The normalized spacial score (nSPS) is 12.1. The Balaban J connectivity index is 2.49. The topological polar surface area (TPSA) is 103 Å². The van der Waals surface area contributed by atoms with Crippen molar-refractivity contribution in [1.82, 2.24) is 30.6 Å². The van der Waals surface area contributed by atoms with E-state index in [4.69, 9.17) is 0 Å². The van der Waals surface area contributed by atoms with Gasteiger partial charge in [0.05, 0.1) is 0 Å². The van der Waals surface area contributed by atoms with E-state index in [1.54, 1.807) is 0 Å². The van der Waals surface area contributed by atoms with Crippen molar-refractivity contribution in [2.24, 2.45) is 0 Å². The molecule has 0 radical (unpaired) electrons. The van der Waals surface area contributed by atoms with Gasteiger partial charge in [-0.3, -0.25) is 0 Å². The average Bonchev–Trinajstić information content (AvgIpc) is 3.10. The molecular weight excluding hydrogens is 353 g/mol. The van der Waals surface area contributed by atoms with Crippen molar-refractivity contribution in [3.05, 3.63) is 35.7 Å². The maximum absolute atomic E-state index is 13.7. The largest absolute Gasteiger partial charge is 0.308 e. The Morgan fingerprint density at radius 1 is 0.609 bits per heavy atom. The van der Waals surface area contributed by atoms with Crippen molar-refractivity contribution < 1.29 is 30.9 Å². The van der Waals surface area contributed by atoms with Gasteiger partial charge in [0, 0.05) is 0 Å². The standard InChI is InChI=1S/C9H3F6N6OP/c10-4-1(5(11)17-16-4)23(22,2-6(12)18-19-7(2)13)3-8(14)20-21-9(3)15/h(H,16,17)(H,18,19)(H,20,21). The van der Waals surface area contributed by atoms with Gasteiger partial charge in [-0.25, -0.2) is 15.3 Å². The lowest BCUT2D eigenvalue weighted by Crippen LogP contribution is -2.33. The maximum atomic E-state index is 13.7. The SMILES string of the molecule is O=P(c1c(F)n[nH]c1F)(c1c(F)n[nH]c1F)c1c(F)n[nH]c1F. The molecule has 3 N–H and O–H groups in total. The minimum absolute atomic E-state index is 1.43. The van der Waals surface area contributed by atoms with E-state index in [9.17, 15) is 30.9 Å². The lowest BCUT2D eigenvalue weighted by atomic mass is 10.6. The highest BCUT2D eigenvalue weighted by molar-refractivity contribution is 7.85. The lowest BCUT2D eigenvalue weighted by molar-refractivity contribution is 0.564. The summed E-state index contributed by atoms with van der Waals surface area (Å²) in [6.45, 7) is 0. The van der Waals surface area contributed by atoms with Crippen LogP contribution in [0.3, 0.4) is 0 Å². The zero-order chi connectivity index (χ0) is 16.9. The first kappa shape index (κ1) is 15.3. The number of nitrogens with one attached hydrogen (secondary N) is 3. The van der Waals surface area contributed by atoms with Crippen molar-refractivity contribution >= 4 is 23.1 Å². The van der Waals surface area contributed by atoms with Crippen LogP contribution in [0.2, 0.25) is 0 Å². The first-order chi connectivity index (χ1) is 10.8. The van der Waals surface area contributed by atoms with Gasteiger partial charge in [0.25, 0.3) is 0 Å². The summed E-state index contributed by atoms with van der Waals surface area (Å²) in [5.41, 5.74) is 0. The van der Waals surface area contributed by atoms with E-state index in [-0.39, 0.29) is 0 Å². The molecule has 0 aliphatic heterocycles. The van der Waals surface area contributed by atoms with Crippen LogP contribution in [0.25, 0.3) is 0 Å². The number of nitrogens with zero attached hydrogens (tertiary/aromatic N) is 3. The van der Waals surface area contributed by atoms with Crippen LogP contribution in [-0.2, 0) is 4.57 Å². The van der Waals surface area contributed by atoms with E-state index in [1.807, 2.05) is 0 Å².